The highest BCUT2D eigenvalue weighted by molar-refractivity contribution is 6.30. The predicted molar refractivity (Wildman–Crippen MR) is 73.4 cm³/mol. The molecule has 0 radical (unpaired) electrons. The Balaban J connectivity index is 1.90. The van der Waals surface area contributed by atoms with Crippen LogP contribution in [0.5, 0.6) is 0 Å². The first-order valence-corrected chi connectivity index (χ1v) is 6.37. The van der Waals surface area contributed by atoms with E-state index in [1.54, 1.807) is 18.1 Å². The first kappa shape index (κ1) is 12.1. The molecule has 1 aliphatic rings. The Morgan fingerprint density at radius 1 is 1.42 bits per heavy atom. The van der Waals surface area contributed by atoms with Crippen LogP contribution < -0.4 is 4.90 Å². The van der Waals surface area contributed by atoms with Crippen LogP contribution in [0.4, 0.5) is 5.82 Å². The number of amides is 1. The number of carbonyl (C=O) groups is 1. The third kappa shape index (κ3) is 2.31. The van der Waals surface area contributed by atoms with Gasteiger partial charge in [0.1, 0.15) is 11.6 Å². The summed E-state index contributed by atoms with van der Waals surface area (Å²) in [7, 11) is 1.74. The minimum atomic E-state index is 0.0594. The summed E-state index contributed by atoms with van der Waals surface area (Å²) in [6.45, 7) is 0. The molecule has 0 saturated carbocycles. The van der Waals surface area contributed by atoms with Gasteiger partial charge in [-0.2, -0.15) is 0 Å². The fourth-order valence-corrected chi connectivity index (χ4v) is 2.38. The molecule has 0 unspecified atom stereocenters. The molecule has 1 aliphatic heterocycles. The van der Waals surface area contributed by atoms with Gasteiger partial charge in [-0.3, -0.25) is 9.69 Å². The van der Waals surface area contributed by atoms with E-state index in [2.05, 4.69) is 9.97 Å². The lowest BCUT2D eigenvalue weighted by Gasteiger charge is -2.09. The molecule has 2 aromatic rings. The molecule has 0 spiro atoms. The molecule has 0 bridgehead atoms. The number of hydrogen-bond acceptors (Lipinski definition) is 3. The number of likely N-dealkylation sites (N-methyl/N-ethyl adjacent to an activating group) is 1. The molecular weight excluding hydrogens is 262 g/mol. The lowest BCUT2D eigenvalue weighted by molar-refractivity contribution is -0.117. The van der Waals surface area contributed by atoms with Crippen LogP contribution >= 0.6 is 11.6 Å². The Hall–Kier alpha value is -1.94. The quantitative estimate of drug-likeness (QED) is 0.843. The van der Waals surface area contributed by atoms with E-state index in [1.165, 1.54) is 0 Å². The maximum atomic E-state index is 11.6. The van der Waals surface area contributed by atoms with E-state index in [9.17, 15) is 4.79 Å². The molecule has 0 atom stereocenters. The molecule has 0 N–H and O–H groups in total. The maximum Gasteiger partial charge on any atom is 0.232 e. The van der Waals surface area contributed by atoms with Crippen molar-refractivity contribution in [2.75, 3.05) is 11.9 Å². The Morgan fingerprint density at radius 3 is 3.05 bits per heavy atom. The highest BCUT2D eigenvalue weighted by Crippen LogP contribution is 2.24. The molecule has 3 rings (SSSR count). The van der Waals surface area contributed by atoms with Crippen molar-refractivity contribution in [1.29, 1.82) is 0 Å². The van der Waals surface area contributed by atoms with E-state index in [0.29, 0.717) is 23.7 Å². The third-order valence-electron chi connectivity index (χ3n) is 3.18. The SMILES string of the molecule is CN1C(=O)Cc2cnc(Cc3cccc(Cl)c3)nc21. The third-order valence-corrected chi connectivity index (χ3v) is 3.41. The zero-order valence-corrected chi connectivity index (χ0v) is 11.2. The van der Waals surface area contributed by atoms with Crippen LogP contribution in [0.2, 0.25) is 5.02 Å². The molecule has 0 saturated heterocycles. The second-order valence-electron chi connectivity index (χ2n) is 4.57. The molecular formula is C14H12ClN3O. The molecule has 2 heterocycles. The fourth-order valence-electron chi connectivity index (χ4n) is 2.16. The van der Waals surface area contributed by atoms with Gasteiger partial charge in [0.05, 0.1) is 6.42 Å². The van der Waals surface area contributed by atoms with E-state index < -0.39 is 0 Å². The van der Waals surface area contributed by atoms with Gasteiger partial charge < -0.3 is 0 Å². The number of rotatable bonds is 2. The van der Waals surface area contributed by atoms with Crippen LogP contribution in [0.25, 0.3) is 0 Å². The van der Waals surface area contributed by atoms with E-state index in [1.807, 2.05) is 24.3 Å². The Kier molecular flexibility index (Phi) is 2.95. The smallest absolute Gasteiger partial charge is 0.232 e. The van der Waals surface area contributed by atoms with Crippen molar-refractivity contribution in [1.82, 2.24) is 9.97 Å². The van der Waals surface area contributed by atoms with E-state index in [4.69, 9.17) is 11.6 Å². The number of nitrogens with zero attached hydrogens (tertiary/aromatic N) is 3. The summed E-state index contributed by atoms with van der Waals surface area (Å²) in [6.07, 6.45) is 2.74. The average molecular weight is 274 g/mol. The minimum Gasteiger partial charge on any atom is -0.299 e. The van der Waals surface area contributed by atoms with Gasteiger partial charge in [-0.1, -0.05) is 23.7 Å². The van der Waals surface area contributed by atoms with Gasteiger partial charge in [0.15, 0.2) is 0 Å². The fraction of sp³-hybridized carbons (Fsp3) is 0.214. The van der Waals surface area contributed by atoms with Gasteiger partial charge in [-0.05, 0) is 17.7 Å². The number of hydrogen-bond donors (Lipinski definition) is 0. The van der Waals surface area contributed by atoms with Gasteiger partial charge in [0.2, 0.25) is 5.91 Å². The van der Waals surface area contributed by atoms with Gasteiger partial charge in [0.25, 0.3) is 0 Å². The predicted octanol–water partition coefficient (Wildman–Crippen LogP) is 2.24. The molecule has 1 aromatic carbocycles. The summed E-state index contributed by atoms with van der Waals surface area (Å²) in [4.78, 5) is 21.9. The number of halogens is 1. The minimum absolute atomic E-state index is 0.0594. The summed E-state index contributed by atoms with van der Waals surface area (Å²) in [5.74, 6) is 1.48. The molecule has 1 aromatic heterocycles. The summed E-state index contributed by atoms with van der Waals surface area (Å²) in [5, 5.41) is 0.700. The number of fused-ring (bicyclic) bond motifs is 1. The summed E-state index contributed by atoms with van der Waals surface area (Å²) < 4.78 is 0. The topological polar surface area (TPSA) is 46.1 Å². The molecule has 96 valence electrons. The molecule has 0 fully saturated rings. The van der Waals surface area contributed by atoms with Crippen molar-refractivity contribution < 1.29 is 4.79 Å². The van der Waals surface area contributed by atoms with E-state index in [0.717, 1.165) is 16.9 Å². The van der Waals surface area contributed by atoms with Crippen LogP contribution in [0, 0.1) is 0 Å². The lowest BCUT2D eigenvalue weighted by Crippen LogP contribution is -2.21. The molecule has 19 heavy (non-hydrogen) atoms. The Labute approximate surface area is 116 Å². The van der Waals surface area contributed by atoms with Gasteiger partial charge >= 0.3 is 0 Å². The molecule has 0 aliphatic carbocycles. The van der Waals surface area contributed by atoms with Crippen molar-refractivity contribution in [3.8, 4) is 0 Å². The highest BCUT2D eigenvalue weighted by atomic mass is 35.5. The molecule has 5 heteroatoms. The van der Waals surface area contributed by atoms with E-state index in [-0.39, 0.29) is 5.91 Å². The lowest BCUT2D eigenvalue weighted by atomic mass is 10.1. The summed E-state index contributed by atoms with van der Waals surface area (Å²) in [5.41, 5.74) is 1.95. The standard InChI is InChI=1S/C14H12ClN3O/c1-18-13(19)7-10-8-16-12(17-14(10)18)6-9-3-2-4-11(15)5-9/h2-5,8H,6-7H2,1H3. The maximum absolute atomic E-state index is 11.6. The van der Waals surface area contributed by atoms with Crippen molar-refractivity contribution in [2.45, 2.75) is 12.8 Å². The second-order valence-corrected chi connectivity index (χ2v) is 5.01. The van der Waals surface area contributed by atoms with Crippen molar-refractivity contribution in [2.24, 2.45) is 0 Å². The largest absolute Gasteiger partial charge is 0.299 e. The van der Waals surface area contributed by atoms with Crippen LogP contribution in [0.15, 0.2) is 30.5 Å². The average Bonchev–Trinajstić information content (AvgIpc) is 2.66. The van der Waals surface area contributed by atoms with Gasteiger partial charge in [-0.15, -0.1) is 0 Å². The number of anilines is 1. The van der Waals surface area contributed by atoms with E-state index >= 15 is 0 Å². The van der Waals surface area contributed by atoms with Crippen LogP contribution in [0.3, 0.4) is 0 Å². The zero-order valence-electron chi connectivity index (χ0n) is 10.4. The van der Waals surface area contributed by atoms with Crippen molar-refractivity contribution in [3.05, 3.63) is 52.4 Å². The van der Waals surface area contributed by atoms with Gasteiger partial charge in [-0.25, -0.2) is 9.97 Å². The number of carbonyl (C=O) groups excluding carboxylic acids is 1. The zero-order chi connectivity index (χ0) is 13.4. The number of benzene rings is 1. The second kappa shape index (κ2) is 4.63. The van der Waals surface area contributed by atoms with Gasteiger partial charge in [0, 0.05) is 30.3 Å². The van der Waals surface area contributed by atoms with Crippen molar-refractivity contribution >= 4 is 23.3 Å². The molecule has 1 amide bonds. The Bertz CT molecular complexity index is 657. The highest BCUT2D eigenvalue weighted by Gasteiger charge is 2.26. The van der Waals surface area contributed by atoms with Crippen LogP contribution in [-0.2, 0) is 17.6 Å². The summed E-state index contributed by atoms with van der Waals surface area (Å²) >= 11 is 5.95. The van der Waals surface area contributed by atoms with Crippen LogP contribution in [0.1, 0.15) is 17.0 Å². The molecule has 4 nitrogen and oxygen atoms in total. The first-order valence-electron chi connectivity index (χ1n) is 5.99. The first-order chi connectivity index (χ1) is 9.13. The van der Waals surface area contributed by atoms with Crippen LogP contribution in [-0.4, -0.2) is 22.9 Å². The summed E-state index contributed by atoms with van der Waals surface area (Å²) in [6, 6.07) is 7.62. The Morgan fingerprint density at radius 2 is 2.26 bits per heavy atom. The van der Waals surface area contributed by atoms with Crippen molar-refractivity contribution in [3.63, 3.8) is 0 Å². The monoisotopic (exact) mass is 273 g/mol. The normalized spacial score (nSPS) is 13.8. The number of aromatic nitrogens is 2.